The summed E-state index contributed by atoms with van der Waals surface area (Å²) in [6.07, 6.45) is 4.10. The van der Waals surface area contributed by atoms with Gasteiger partial charge in [0, 0.05) is 0 Å². The van der Waals surface area contributed by atoms with Crippen molar-refractivity contribution in [2.75, 3.05) is 0 Å². The average molecular weight is 364 g/mol. The van der Waals surface area contributed by atoms with Crippen LogP contribution in [0.4, 0.5) is 0 Å². The first-order valence-corrected chi connectivity index (χ1v) is 5.87. The zero-order valence-electron chi connectivity index (χ0n) is 10.5. The van der Waals surface area contributed by atoms with Crippen LogP contribution in [0.5, 0.6) is 0 Å². The largest absolute Gasteiger partial charge is 2.00 e. The van der Waals surface area contributed by atoms with Crippen LogP contribution < -0.4 is 10.2 Å². The fraction of sp³-hybridized carbons (Fsp3) is 0.833. The molecular formula is C12H18BaO4. The van der Waals surface area contributed by atoms with E-state index in [4.69, 9.17) is 0 Å². The fourth-order valence-corrected chi connectivity index (χ4v) is 2.92. The van der Waals surface area contributed by atoms with Gasteiger partial charge in [0.1, 0.15) is 0 Å². The predicted octanol–water partition coefficient (Wildman–Crippen LogP) is -0.672. The van der Waals surface area contributed by atoms with E-state index in [2.05, 4.69) is 0 Å². The molecule has 1 rings (SSSR count). The molecule has 1 saturated carbocycles. The Morgan fingerprint density at radius 1 is 1.06 bits per heavy atom. The number of carboxylic acids is 2. The van der Waals surface area contributed by atoms with Crippen LogP contribution in [0.2, 0.25) is 0 Å². The van der Waals surface area contributed by atoms with Crippen LogP contribution in [0.15, 0.2) is 0 Å². The van der Waals surface area contributed by atoms with Gasteiger partial charge in [0.25, 0.3) is 0 Å². The summed E-state index contributed by atoms with van der Waals surface area (Å²) in [7, 11) is 0. The van der Waals surface area contributed by atoms with Gasteiger partial charge in [-0.3, -0.25) is 0 Å². The summed E-state index contributed by atoms with van der Waals surface area (Å²) in [5, 5.41) is 22.5. The second kappa shape index (κ2) is 7.19. The molecule has 1 aliphatic carbocycles. The number of carboxylic acid groups (broad SMARTS) is 2. The number of hydrogen-bond donors (Lipinski definition) is 0. The number of aliphatic carboxylic acids is 2. The maximum atomic E-state index is 11.3. The van der Waals surface area contributed by atoms with Gasteiger partial charge in [0.2, 0.25) is 0 Å². The molecule has 1 fully saturated rings. The molecule has 0 aromatic carbocycles. The van der Waals surface area contributed by atoms with E-state index in [0.29, 0.717) is 12.8 Å². The van der Waals surface area contributed by atoms with Crippen LogP contribution in [0.3, 0.4) is 0 Å². The van der Waals surface area contributed by atoms with Gasteiger partial charge in [0.05, 0.1) is 17.4 Å². The summed E-state index contributed by atoms with van der Waals surface area (Å²) in [4.78, 5) is 22.5. The summed E-state index contributed by atoms with van der Waals surface area (Å²) in [5.41, 5.74) is -1.82. The van der Waals surface area contributed by atoms with E-state index < -0.39 is 23.3 Å². The first-order valence-electron chi connectivity index (χ1n) is 5.87. The van der Waals surface area contributed by atoms with Crippen LogP contribution in [0.25, 0.3) is 0 Å². The Balaban J connectivity index is 0.00000256. The maximum Gasteiger partial charge on any atom is 2.00 e. The molecule has 92 valence electrons. The molecule has 0 N–H and O–H groups in total. The standard InChI is InChI=1S/C12H20O4.Ba/c1-8(2)12(10(13)14,11(15)16)9-6-4-3-5-7-9;/h8-9H,3-7H2,1-2H3,(H,13,14)(H,15,16);/q;+2/p-2. The van der Waals surface area contributed by atoms with E-state index in [1.807, 2.05) is 0 Å². The van der Waals surface area contributed by atoms with Crippen molar-refractivity contribution in [3.05, 3.63) is 0 Å². The van der Waals surface area contributed by atoms with Crippen molar-refractivity contribution in [3.63, 3.8) is 0 Å². The van der Waals surface area contributed by atoms with Crippen LogP contribution in [0.1, 0.15) is 46.0 Å². The van der Waals surface area contributed by atoms with E-state index in [1.165, 1.54) is 0 Å². The monoisotopic (exact) mass is 364 g/mol. The van der Waals surface area contributed by atoms with Crippen LogP contribution in [-0.2, 0) is 9.59 Å². The molecule has 1 aliphatic rings. The molecule has 0 bridgehead atoms. The topological polar surface area (TPSA) is 80.3 Å². The van der Waals surface area contributed by atoms with Gasteiger partial charge in [-0.25, -0.2) is 0 Å². The Morgan fingerprint density at radius 3 is 1.76 bits per heavy atom. The van der Waals surface area contributed by atoms with Crippen molar-refractivity contribution in [1.29, 1.82) is 0 Å². The summed E-state index contributed by atoms with van der Waals surface area (Å²) < 4.78 is 0. The van der Waals surface area contributed by atoms with Gasteiger partial charge < -0.3 is 19.8 Å². The molecule has 0 saturated heterocycles. The SMILES string of the molecule is CC(C)C(C(=O)[O-])(C(=O)[O-])C1CCCCC1.[Ba+2]. The van der Waals surface area contributed by atoms with Crippen molar-refractivity contribution in [2.45, 2.75) is 46.0 Å². The minimum atomic E-state index is -1.82. The fourth-order valence-electron chi connectivity index (χ4n) is 2.92. The van der Waals surface area contributed by atoms with Crippen LogP contribution >= 0.6 is 0 Å². The minimum Gasteiger partial charge on any atom is -0.549 e. The maximum absolute atomic E-state index is 11.3. The van der Waals surface area contributed by atoms with Crippen molar-refractivity contribution in [3.8, 4) is 0 Å². The van der Waals surface area contributed by atoms with E-state index in [-0.39, 0.29) is 54.8 Å². The molecule has 0 amide bonds. The summed E-state index contributed by atoms with van der Waals surface area (Å²) >= 11 is 0. The normalized spacial score (nSPS) is 17.6. The Bertz CT molecular complexity index is 268. The van der Waals surface area contributed by atoms with E-state index >= 15 is 0 Å². The summed E-state index contributed by atoms with van der Waals surface area (Å²) in [6.45, 7) is 3.22. The number of rotatable bonds is 4. The van der Waals surface area contributed by atoms with Crippen molar-refractivity contribution < 1.29 is 19.8 Å². The Labute approximate surface area is 142 Å². The van der Waals surface area contributed by atoms with Crippen molar-refractivity contribution >= 4 is 60.8 Å². The molecule has 0 unspecified atom stereocenters. The first kappa shape index (κ1) is 17.5. The molecule has 0 aromatic rings. The molecule has 0 heterocycles. The average Bonchev–Trinajstić information content (AvgIpc) is 2.18. The third kappa shape index (κ3) is 3.29. The van der Waals surface area contributed by atoms with E-state index in [1.54, 1.807) is 13.8 Å². The van der Waals surface area contributed by atoms with E-state index in [0.717, 1.165) is 19.3 Å². The predicted molar refractivity (Wildman–Crippen MR) is 59.6 cm³/mol. The minimum absolute atomic E-state index is 0. The van der Waals surface area contributed by atoms with Gasteiger partial charge in [0.15, 0.2) is 0 Å². The van der Waals surface area contributed by atoms with Gasteiger partial charge in [-0.05, 0) is 24.7 Å². The Morgan fingerprint density at radius 2 is 1.47 bits per heavy atom. The molecule has 0 radical (unpaired) electrons. The molecule has 0 aromatic heterocycles. The third-order valence-electron chi connectivity index (χ3n) is 3.84. The quantitative estimate of drug-likeness (QED) is 0.490. The molecule has 0 spiro atoms. The van der Waals surface area contributed by atoms with Gasteiger partial charge in [-0.1, -0.05) is 33.1 Å². The van der Waals surface area contributed by atoms with Gasteiger partial charge >= 0.3 is 48.9 Å². The smallest absolute Gasteiger partial charge is 0.549 e. The molecule has 0 aliphatic heterocycles. The second-order valence-corrected chi connectivity index (χ2v) is 4.93. The van der Waals surface area contributed by atoms with Gasteiger partial charge in [-0.2, -0.15) is 0 Å². The Kier molecular flexibility index (Phi) is 7.40. The van der Waals surface area contributed by atoms with Crippen LogP contribution in [0, 0.1) is 17.3 Å². The summed E-state index contributed by atoms with van der Waals surface area (Å²) in [6, 6.07) is 0. The third-order valence-corrected chi connectivity index (χ3v) is 3.84. The molecule has 5 heteroatoms. The number of carbonyl (C=O) groups excluding carboxylic acids is 2. The molecule has 4 nitrogen and oxygen atoms in total. The number of carbonyl (C=O) groups is 2. The summed E-state index contributed by atoms with van der Waals surface area (Å²) in [5.74, 6) is -3.84. The van der Waals surface area contributed by atoms with E-state index in [9.17, 15) is 19.8 Å². The Hall–Kier alpha value is 0.511. The van der Waals surface area contributed by atoms with Gasteiger partial charge in [-0.15, -0.1) is 0 Å². The molecule has 0 atom stereocenters. The first-order chi connectivity index (χ1) is 7.44. The van der Waals surface area contributed by atoms with Crippen molar-refractivity contribution in [1.82, 2.24) is 0 Å². The van der Waals surface area contributed by atoms with Crippen molar-refractivity contribution in [2.24, 2.45) is 17.3 Å². The molecule has 17 heavy (non-hydrogen) atoms. The second-order valence-electron chi connectivity index (χ2n) is 4.93. The zero-order chi connectivity index (χ0) is 12.3. The number of hydrogen-bond acceptors (Lipinski definition) is 4. The molecular weight excluding hydrogens is 345 g/mol. The van der Waals surface area contributed by atoms with Crippen LogP contribution in [-0.4, -0.2) is 60.8 Å². The zero-order valence-corrected chi connectivity index (χ0v) is 15.0.